The summed E-state index contributed by atoms with van der Waals surface area (Å²) >= 11 is 0. The van der Waals surface area contributed by atoms with Crippen LogP contribution in [0, 0.1) is 13.8 Å². The van der Waals surface area contributed by atoms with Gasteiger partial charge in [-0.3, -0.25) is 0 Å². The van der Waals surface area contributed by atoms with Gasteiger partial charge in [-0.2, -0.15) is 0 Å². The standard InChI is InChI=1S/C37H48N6O2/c1-9-12-17-38-36(35-27(6)21-34-37(40-35)43-19-18-41(7)23-29(43)24-44-34)39-28-13-16-33(26(5)20-28)45-30-14-15-32(42(8)11-3)31(22-30)25(4)10-2/h11-17,20-22,25,29H,3,9-10,18-19,23-24H2,1-2,4-8H3,(H,38,39)/b17-12+. The molecule has 3 heterocycles. The zero-order valence-corrected chi connectivity index (χ0v) is 27.9. The van der Waals surface area contributed by atoms with E-state index in [9.17, 15) is 0 Å². The molecule has 3 aromatic rings. The number of nitrogens with zero attached hydrogens (tertiary/aromatic N) is 5. The van der Waals surface area contributed by atoms with Crippen LogP contribution in [0.15, 0.2) is 72.5 Å². The van der Waals surface area contributed by atoms with Gasteiger partial charge in [0.1, 0.15) is 23.8 Å². The lowest BCUT2D eigenvalue weighted by Crippen LogP contribution is -2.56. The quantitative estimate of drug-likeness (QED) is 0.186. The van der Waals surface area contributed by atoms with E-state index in [2.05, 4.69) is 92.5 Å². The molecular formula is C37H48N6O2. The number of aryl methyl sites for hydroxylation is 2. The number of hydrogen-bond donors (Lipinski definition) is 1. The molecule has 1 fully saturated rings. The number of pyridine rings is 1. The largest absolute Gasteiger partial charge is 0.487 e. The zero-order valence-electron chi connectivity index (χ0n) is 27.9. The van der Waals surface area contributed by atoms with Crippen LogP contribution in [0.25, 0.3) is 0 Å². The average Bonchev–Trinajstić information content (AvgIpc) is 3.04. The number of aliphatic imine (C=N–C) groups is 1. The van der Waals surface area contributed by atoms with Crippen LogP contribution in [-0.4, -0.2) is 62.1 Å². The molecule has 0 saturated carbocycles. The van der Waals surface area contributed by atoms with E-state index in [4.69, 9.17) is 19.5 Å². The molecule has 2 unspecified atom stereocenters. The summed E-state index contributed by atoms with van der Waals surface area (Å²) in [4.78, 5) is 16.8. The molecule has 45 heavy (non-hydrogen) atoms. The summed E-state index contributed by atoms with van der Waals surface area (Å²) in [7, 11) is 4.19. The number of anilines is 3. The third kappa shape index (κ3) is 7.17. The molecule has 0 spiro atoms. The summed E-state index contributed by atoms with van der Waals surface area (Å²) in [5.41, 5.74) is 6.15. The zero-order chi connectivity index (χ0) is 32.1. The highest BCUT2D eigenvalue weighted by atomic mass is 16.5. The van der Waals surface area contributed by atoms with Crippen LogP contribution >= 0.6 is 0 Å². The van der Waals surface area contributed by atoms with Crippen molar-refractivity contribution in [1.29, 1.82) is 0 Å². The second kappa shape index (κ2) is 14.2. The van der Waals surface area contributed by atoms with E-state index in [0.717, 1.165) is 83.7 Å². The summed E-state index contributed by atoms with van der Waals surface area (Å²) in [5.74, 6) is 4.47. The number of allylic oxidation sites excluding steroid dienone is 1. The maximum atomic E-state index is 6.43. The van der Waals surface area contributed by atoms with Crippen LogP contribution in [0.3, 0.4) is 0 Å². The summed E-state index contributed by atoms with van der Waals surface area (Å²) in [5, 5.41) is 3.57. The van der Waals surface area contributed by atoms with Gasteiger partial charge in [0.05, 0.1) is 6.04 Å². The van der Waals surface area contributed by atoms with E-state index < -0.39 is 0 Å². The number of fused-ring (bicyclic) bond motifs is 3. The number of hydrogen-bond acceptors (Lipinski definition) is 7. The molecule has 0 aliphatic carbocycles. The molecule has 2 aromatic carbocycles. The van der Waals surface area contributed by atoms with Crippen LogP contribution in [0.2, 0.25) is 0 Å². The second-order valence-electron chi connectivity index (χ2n) is 12.2. The summed E-state index contributed by atoms with van der Waals surface area (Å²) < 4.78 is 12.6. The highest BCUT2D eigenvalue weighted by Gasteiger charge is 2.33. The van der Waals surface area contributed by atoms with Crippen molar-refractivity contribution in [3.05, 3.63) is 89.9 Å². The number of likely N-dealkylation sites (N-methyl/N-ethyl adjacent to an activating group) is 1. The minimum absolute atomic E-state index is 0.295. The molecule has 238 valence electrons. The molecule has 1 N–H and O–H groups in total. The average molecular weight is 609 g/mol. The monoisotopic (exact) mass is 608 g/mol. The van der Waals surface area contributed by atoms with Gasteiger partial charge in [-0.05, 0) is 105 Å². The van der Waals surface area contributed by atoms with E-state index in [1.807, 2.05) is 43.7 Å². The lowest BCUT2D eigenvalue weighted by Gasteiger charge is -2.44. The minimum Gasteiger partial charge on any atom is -0.487 e. The maximum Gasteiger partial charge on any atom is 0.172 e. The van der Waals surface area contributed by atoms with Crippen LogP contribution in [0.1, 0.15) is 61.9 Å². The fraction of sp³-hybridized carbons (Fsp3) is 0.405. The Kier molecular flexibility index (Phi) is 10.1. The van der Waals surface area contributed by atoms with E-state index >= 15 is 0 Å². The van der Waals surface area contributed by atoms with E-state index in [0.29, 0.717) is 24.4 Å². The number of aromatic nitrogens is 1. The van der Waals surface area contributed by atoms with Crippen molar-refractivity contribution < 1.29 is 9.47 Å². The molecule has 2 aliphatic heterocycles. The van der Waals surface area contributed by atoms with Gasteiger partial charge < -0.3 is 29.5 Å². The second-order valence-corrected chi connectivity index (χ2v) is 12.2. The Morgan fingerprint density at radius 1 is 1.18 bits per heavy atom. The fourth-order valence-electron chi connectivity index (χ4n) is 5.87. The molecule has 0 radical (unpaired) electrons. The van der Waals surface area contributed by atoms with Crippen LogP contribution in [0.5, 0.6) is 17.2 Å². The first-order valence-corrected chi connectivity index (χ1v) is 16.1. The van der Waals surface area contributed by atoms with Gasteiger partial charge >= 0.3 is 0 Å². The van der Waals surface area contributed by atoms with Gasteiger partial charge in [0.15, 0.2) is 17.4 Å². The Balaban J connectivity index is 1.42. The summed E-state index contributed by atoms with van der Waals surface area (Å²) in [6.45, 7) is 18.2. The fourth-order valence-corrected chi connectivity index (χ4v) is 5.87. The third-order valence-electron chi connectivity index (χ3n) is 8.78. The number of amidine groups is 1. The van der Waals surface area contributed by atoms with Crippen molar-refractivity contribution in [3.63, 3.8) is 0 Å². The molecule has 0 bridgehead atoms. The molecule has 2 atom stereocenters. The van der Waals surface area contributed by atoms with Crippen molar-refractivity contribution in [3.8, 4) is 17.2 Å². The molecule has 2 aliphatic rings. The molecule has 1 aromatic heterocycles. The number of piperazine rings is 1. The Hall–Kier alpha value is -4.30. The third-order valence-corrected chi connectivity index (χ3v) is 8.78. The number of nitrogens with one attached hydrogen (secondary N) is 1. The van der Waals surface area contributed by atoms with Crippen molar-refractivity contribution in [2.24, 2.45) is 4.99 Å². The Morgan fingerprint density at radius 2 is 2.00 bits per heavy atom. The van der Waals surface area contributed by atoms with E-state index in [-0.39, 0.29) is 0 Å². The molecule has 1 saturated heterocycles. The van der Waals surface area contributed by atoms with Crippen LogP contribution < -0.4 is 24.6 Å². The summed E-state index contributed by atoms with van der Waals surface area (Å²) in [6.07, 6.45) is 7.68. The van der Waals surface area contributed by atoms with Gasteiger partial charge in [-0.15, -0.1) is 0 Å². The molecule has 8 nitrogen and oxygen atoms in total. The minimum atomic E-state index is 0.295. The van der Waals surface area contributed by atoms with Gasteiger partial charge in [0, 0.05) is 44.3 Å². The summed E-state index contributed by atoms with van der Waals surface area (Å²) in [6, 6.07) is 14.8. The first-order valence-electron chi connectivity index (χ1n) is 16.1. The first kappa shape index (κ1) is 32.1. The van der Waals surface area contributed by atoms with Gasteiger partial charge in [0.2, 0.25) is 0 Å². The van der Waals surface area contributed by atoms with Gasteiger partial charge in [-0.1, -0.05) is 33.4 Å². The number of benzene rings is 2. The van der Waals surface area contributed by atoms with Gasteiger partial charge in [0.25, 0.3) is 0 Å². The van der Waals surface area contributed by atoms with Crippen molar-refractivity contribution in [2.75, 3.05) is 55.5 Å². The molecule has 5 rings (SSSR count). The normalized spacial score (nSPS) is 17.4. The highest BCUT2D eigenvalue weighted by Crippen LogP contribution is 2.37. The Bertz CT molecular complexity index is 1580. The lowest BCUT2D eigenvalue weighted by atomic mass is 9.96. The molecule has 0 amide bonds. The molecular weight excluding hydrogens is 560 g/mol. The van der Waals surface area contributed by atoms with E-state index in [1.54, 1.807) is 0 Å². The van der Waals surface area contributed by atoms with Crippen molar-refractivity contribution in [2.45, 2.75) is 59.4 Å². The maximum absolute atomic E-state index is 6.43. The SMILES string of the molecule is C=CN(C)c1ccc(Oc2ccc(NC(=N/C=C/CC)c3nc4c(cc3C)OCC3CN(C)CCN43)cc2C)cc1C(C)CC. The number of rotatable bonds is 10. The highest BCUT2D eigenvalue weighted by molar-refractivity contribution is 6.08. The first-order chi connectivity index (χ1) is 21.7. The smallest absolute Gasteiger partial charge is 0.172 e. The number of ether oxygens (including phenoxy) is 2. The van der Waals surface area contributed by atoms with Gasteiger partial charge in [-0.25, -0.2) is 9.98 Å². The Morgan fingerprint density at radius 3 is 2.73 bits per heavy atom. The predicted octanol–water partition coefficient (Wildman–Crippen LogP) is 7.88. The van der Waals surface area contributed by atoms with Crippen molar-refractivity contribution >= 4 is 23.0 Å². The Labute approximate surface area is 269 Å². The topological polar surface area (TPSA) is 65.5 Å². The predicted molar refractivity (Wildman–Crippen MR) is 188 cm³/mol. The molecule has 8 heteroatoms. The van der Waals surface area contributed by atoms with Crippen molar-refractivity contribution in [1.82, 2.24) is 9.88 Å². The lowest BCUT2D eigenvalue weighted by molar-refractivity contribution is 0.186. The van der Waals surface area contributed by atoms with Crippen LogP contribution in [0.4, 0.5) is 17.2 Å². The van der Waals surface area contributed by atoms with Crippen LogP contribution in [-0.2, 0) is 0 Å². The van der Waals surface area contributed by atoms with E-state index in [1.165, 1.54) is 5.56 Å².